The molecule has 0 amide bonds. The molecule has 1 aromatic carbocycles. The molecule has 0 aromatic heterocycles. The minimum absolute atomic E-state index is 0.0447. The third-order valence-electron chi connectivity index (χ3n) is 4.15. The van der Waals surface area contributed by atoms with E-state index in [1.165, 1.54) is 32.9 Å². The van der Waals surface area contributed by atoms with E-state index in [0.717, 1.165) is 12.1 Å². The molecule has 3 nitrogen and oxygen atoms in total. The molecule has 0 bridgehead atoms. The van der Waals surface area contributed by atoms with E-state index in [9.17, 15) is 31.1 Å². The van der Waals surface area contributed by atoms with Gasteiger partial charge in [-0.05, 0) is 44.6 Å². The van der Waals surface area contributed by atoms with Crippen LogP contribution in [0.4, 0.5) is 26.3 Å². The van der Waals surface area contributed by atoms with Crippen LogP contribution in [0.2, 0.25) is 0 Å². The Hall–Kier alpha value is -1.77. The number of alkyl halides is 6. The van der Waals surface area contributed by atoms with E-state index in [-0.39, 0.29) is 5.41 Å². The Balaban J connectivity index is 3.29. The normalized spacial score (nSPS) is 14.0. The second kappa shape index (κ2) is 8.77. The Labute approximate surface area is 172 Å². The van der Waals surface area contributed by atoms with Crippen LogP contribution in [0.25, 0.3) is 0 Å². The lowest BCUT2D eigenvalue weighted by molar-refractivity contribution is -0.388. The molecule has 0 fully saturated rings. The first-order chi connectivity index (χ1) is 13.3. The second-order valence-electron chi connectivity index (χ2n) is 9.31. The molecule has 0 heterocycles. The third kappa shape index (κ3) is 6.89. The lowest BCUT2D eigenvalue weighted by Gasteiger charge is -2.37. The van der Waals surface area contributed by atoms with Crippen molar-refractivity contribution in [3.05, 3.63) is 35.4 Å². The molecule has 172 valence electrons. The summed E-state index contributed by atoms with van der Waals surface area (Å²) in [6.45, 7) is 8.71. The molecule has 0 radical (unpaired) electrons. The molecule has 1 aromatic rings. The van der Waals surface area contributed by atoms with Crippen molar-refractivity contribution in [2.45, 2.75) is 77.9 Å². The number of halogens is 6. The van der Waals surface area contributed by atoms with Crippen LogP contribution in [0.3, 0.4) is 0 Å². The SMILES string of the molecule is CC(C)(C)CCc1ccc(C(OCC(=O)OC(C)(C)C)(C(F)(F)F)C(F)(F)F)cc1. The van der Waals surface area contributed by atoms with Crippen LogP contribution in [0, 0.1) is 5.41 Å². The van der Waals surface area contributed by atoms with Crippen molar-refractivity contribution in [2.24, 2.45) is 5.41 Å². The van der Waals surface area contributed by atoms with Crippen LogP contribution in [0.15, 0.2) is 24.3 Å². The highest BCUT2D eigenvalue weighted by molar-refractivity contribution is 5.71. The molecule has 0 unspecified atom stereocenters. The molecule has 9 heteroatoms. The van der Waals surface area contributed by atoms with Gasteiger partial charge in [-0.15, -0.1) is 0 Å². The van der Waals surface area contributed by atoms with Crippen molar-refractivity contribution >= 4 is 5.97 Å². The highest BCUT2D eigenvalue weighted by atomic mass is 19.4. The number of rotatable bonds is 6. The maximum atomic E-state index is 13.8. The molecule has 0 N–H and O–H groups in total. The zero-order valence-corrected chi connectivity index (χ0v) is 17.9. The van der Waals surface area contributed by atoms with Gasteiger partial charge in [0.05, 0.1) is 0 Å². The number of esters is 1. The smallest absolute Gasteiger partial charge is 0.430 e. The van der Waals surface area contributed by atoms with Gasteiger partial charge in [0.2, 0.25) is 0 Å². The quantitative estimate of drug-likeness (QED) is 0.381. The average molecular weight is 442 g/mol. The molecular weight excluding hydrogens is 414 g/mol. The Bertz CT molecular complexity index is 693. The molecule has 0 saturated heterocycles. The maximum absolute atomic E-state index is 13.8. The molecule has 0 aliphatic rings. The average Bonchev–Trinajstić information content (AvgIpc) is 2.49. The maximum Gasteiger partial charge on any atom is 0.430 e. The highest BCUT2D eigenvalue weighted by Crippen LogP contribution is 2.53. The number of hydrogen-bond acceptors (Lipinski definition) is 3. The van der Waals surface area contributed by atoms with E-state index in [1.54, 1.807) is 0 Å². The Kier molecular flexibility index (Phi) is 7.67. The molecule has 0 spiro atoms. The summed E-state index contributed by atoms with van der Waals surface area (Å²) in [5, 5.41) is 0. The van der Waals surface area contributed by atoms with Gasteiger partial charge < -0.3 is 9.47 Å². The van der Waals surface area contributed by atoms with E-state index in [2.05, 4.69) is 4.74 Å². The van der Waals surface area contributed by atoms with Crippen LogP contribution < -0.4 is 0 Å². The van der Waals surface area contributed by atoms with E-state index >= 15 is 0 Å². The van der Waals surface area contributed by atoms with Gasteiger partial charge in [0, 0.05) is 5.56 Å². The van der Waals surface area contributed by atoms with Crippen molar-refractivity contribution in [3.8, 4) is 0 Å². The van der Waals surface area contributed by atoms with Gasteiger partial charge >= 0.3 is 18.3 Å². The van der Waals surface area contributed by atoms with Crippen LogP contribution in [0.5, 0.6) is 0 Å². The van der Waals surface area contributed by atoms with Gasteiger partial charge in [-0.3, -0.25) is 0 Å². The molecule has 1 rings (SSSR count). The first kappa shape index (κ1) is 26.3. The lowest BCUT2D eigenvalue weighted by Crippen LogP contribution is -2.56. The summed E-state index contributed by atoms with van der Waals surface area (Å²) >= 11 is 0. The summed E-state index contributed by atoms with van der Waals surface area (Å²) in [5.41, 5.74) is -6.34. The van der Waals surface area contributed by atoms with Gasteiger partial charge in [-0.1, -0.05) is 45.0 Å². The van der Waals surface area contributed by atoms with Crippen molar-refractivity contribution in [3.63, 3.8) is 0 Å². The second-order valence-corrected chi connectivity index (χ2v) is 9.31. The summed E-state index contributed by atoms with van der Waals surface area (Å²) < 4.78 is 91.6. The first-order valence-corrected chi connectivity index (χ1v) is 9.37. The highest BCUT2D eigenvalue weighted by Gasteiger charge is 2.73. The first-order valence-electron chi connectivity index (χ1n) is 9.37. The summed E-state index contributed by atoms with van der Waals surface area (Å²) in [4.78, 5) is 11.7. The van der Waals surface area contributed by atoms with Crippen LogP contribution >= 0.6 is 0 Å². The van der Waals surface area contributed by atoms with Gasteiger partial charge in [0.15, 0.2) is 0 Å². The summed E-state index contributed by atoms with van der Waals surface area (Å²) in [6, 6.07) is 3.91. The van der Waals surface area contributed by atoms with Gasteiger partial charge in [-0.2, -0.15) is 26.3 Å². The fraction of sp³-hybridized carbons (Fsp3) is 0.667. The zero-order valence-electron chi connectivity index (χ0n) is 17.9. The fourth-order valence-electron chi connectivity index (χ4n) is 2.70. The number of carbonyl (C=O) groups excluding carboxylic acids is 1. The van der Waals surface area contributed by atoms with Crippen LogP contribution in [0.1, 0.15) is 59.1 Å². The molecule has 0 aliphatic carbocycles. The number of benzene rings is 1. The minimum Gasteiger partial charge on any atom is -0.458 e. The predicted molar refractivity (Wildman–Crippen MR) is 99.8 cm³/mol. The summed E-state index contributed by atoms with van der Waals surface area (Å²) in [5.74, 6) is -1.33. The van der Waals surface area contributed by atoms with Crippen molar-refractivity contribution < 1.29 is 40.6 Å². The summed E-state index contributed by atoms with van der Waals surface area (Å²) in [7, 11) is 0. The Morgan fingerprint density at radius 3 is 1.67 bits per heavy atom. The van der Waals surface area contributed by atoms with Crippen molar-refractivity contribution in [2.75, 3.05) is 6.61 Å². The van der Waals surface area contributed by atoms with Crippen LogP contribution in [-0.4, -0.2) is 30.5 Å². The molecule has 0 aliphatic heterocycles. The number of carbonyl (C=O) groups is 1. The van der Waals surface area contributed by atoms with Crippen LogP contribution in [-0.2, 0) is 26.3 Å². The van der Waals surface area contributed by atoms with Gasteiger partial charge in [0.25, 0.3) is 5.60 Å². The predicted octanol–water partition coefficient (Wildman–Crippen LogP) is 6.34. The number of ether oxygens (including phenoxy) is 2. The van der Waals surface area contributed by atoms with E-state index < -0.39 is 41.7 Å². The van der Waals surface area contributed by atoms with E-state index in [4.69, 9.17) is 4.74 Å². The zero-order chi connectivity index (χ0) is 23.6. The lowest BCUT2D eigenvalue weighted by atomic mass is 9.87. The van der Waals surface area contributed by atoms with E-state index in [0.29, 0.717) is 18.4 Å². The molecule has 0 saturated carbocycles. The number of hydrogen-bond donors (Lipinski definition) is 0. The Morgan fingerprint density at radius 1 is 0.833 bits per heavy atom. The van der Waals surface area contributed by atoms with Crippen molar-refractivity contribution in [1.29, 1.82) is 0 Å². The van der Waals surface area contributed by atoms with E-state index in [1.807, 2.05) is 20.8 Å². The topological polar surface area (TPSA) is 35.5 Å². The monoisotopic (exact) mass is 442 g/mol. The third-order valence-corrected chi connectivity index (χ3v) is 4.15. The molecule has 0 atom stereocenters. The van der Waals surface area contributed by atoms with Gasteiger partial charge in [-0.25, -0.2) is 4.79 Å². The van der Waals surface area contributed by atoms with Crippen molar-refractivity contribution in [1.82, 2.24) is 0 Å². The number of aryl methyl sites for hydroxylation is 1. The summed E-state index contributed by atoms with van der Waals surface area (Å²) in [6.07, 6.45) is -10.5. The molecule has 30 heavy (non-hydrogen) atoms. The molecular formula is C21H28F6O3. The Morgan fingerprint density at radius 2 is 1.30 bits per heavy atom. The minimum atomic E-state index is -5.86. The fourth-order valence-corrected chi connectivity index (χ4v) is 2.70. The largest absolute Gasteiger partial charge is 0.458 e. The standard InChI is InChI=1S/C21H28F6O3/c1-17(2,3)12-11-14-7-9-15(10-8-14)19(20(22,23)24,21(25,26)27)29-13-16(28)30-18(4,5)6/h7-10H,11-13H2,1-6H3. The van der Waals surface area contributed by atoms with Gasteiger partial charge in [0.1, 0.15) is 12.2 Å².